The van der Waals surface area contributed by atoms with Crippen LogP contribution in [0.1, 0.15) is 19.3 Å². The standard InChI is InChI=1S/C14H20N2O2/c17-14(11-16-12-7-8-12)15-9-4-10-18-13-5-2-1-3-6-13/h1-3,5-6,12,16H,4,7-11H2,(H,15,17). The van der Waals surface area contributed by atoms with Crippen molar-refractivity contribution in [3.8, 4) is 5.75 Å². The van der Waals surface area contributed by atoms with Crippen LogP contribution in [0.5, 0.6) is 5.75 Å². The fourth-order valence-electron chi connectivity index (χ4n) is 1.59. The predicted molar refractivity (Wildman–Crippen MR) is 70.6 cm³/mol. The fourth-order valence-corrected chi connectivity index (χ4v) is 1.59. The summed E-state index contributed by atoms with van der Waals surface area (Å²) in [5.74, 6) is 0.945. The van der Waals surface area contributed by atoms with Gasteiger partial charge in [-0.05, 0) is 31.4 Å². The van der Waals surface area contributed by atoms with Gasteiger partial charge in [0.2, 0.25) is 5.91 Å². The van der Waals surface area contributed by atoms with Gasteiger partial charge < -0.3 is 15.4 Å². The molecule has 2 N–H and O–H groups in total. The molecule has 0 aliphatic heterocycles. The van der Waals surface area contributed by atoms with Crippen molar-refractivity contribution in [1.82, 2.24) is 10.6 Å². The molecule has 0 aromatic heterocycles. The van der Waals surface area contributed by atoms with E-state index >= 15 is 0 Å². The lowest BCUT2D eigenvalue weighted by Gasteiger charge is -2.07. The van der Waals surface area contributed by atoms with Crippen LogP contribution in [0.25, 0.3) is 0 Å². The number of carbonyl (C=O) groups is 1. The van der Waals surface area contributed by atoms with Crippen molar-refractivity contribution in [3.05, 3.63) is 30.3 Å². The van der Waals surface area contributed by atoms with Crippen LogP contribution < -0.4 is 15.4 Å². The molecule has 0 saturated heterocycles. The van der Waals surface area contributed by atoms with E-state index < -0.39 is 0 Å². The molecular formula is C14H20N2O2. The summed E-state index contributed by atoms with van der Waals surface area (Å²) >= 11 is 0. The second-order valence-electron chi connectivity index (χ2n) is 4.52. The van der Waals surface area contributed by atoms with E-state index in [1.165, 1.54) is 12.8 Å². The molecule has 0 heterocycles. The fraction of sp³-hybridized carbons (Fsp3) is 0.500. The minimum atomic E-state index is 0.0709. The Morgan fingerprint density at radius 1 is 1.28 bits per heavy atom. The maximum Gasteiger partial charge on any atom is 0.233 e. The molecule has 18 heavy (non-hydrogen) atoms. The van der Waals surface area contributed by atoms with Crippen molar-refractivity contribution in [3.63, 3.8) is 0 Å². The average Bonchev–Trinajstić information content (AvgIpc) is 3.21. The van der Waals surface area contributed by atoms with E-state index in [-0.39, 0.29) is 5.91 Å². The Morgan fingerprint density at radius 2 is 2.06 bits per heavy atom. The Kier molecular flexibility index (Phi) is 5.02. The summed E-state index contributed by atoms with van der Waals surface area (Å²) in [6.45, 7) is 1.72. The quantitative estimate of drug-likeness (QED) is 0.682. The van der Waals surface area contributed by atoms with Crippen LogP contribution in [0.15, 0.2) is 30.3 Å². The van der Waals surface area contributed by atoms with E-state index in [4.69, 9.17) is 4.74 Å². The van der Waals surface area contributed by atoms with Crippen LogP contribution in [0, 0.1) is 0 Å². The topological polar surface area (TPSA) is 50.4 Å². The second-order valence-corrected chi connectivity index (χ2v) is 4.52. The molecule has 0 unspecified atom stereocenters. The maximum absolute atomic E-state index is 11.4. The Morgan fingerprint density at radius 3 is 2.78 bits per heavy atom. The first-order chi connectivity index (χ1) is 8.84. The summed E-state index contributed by atoms with van der Waals surface area (Å²) in [7, 11) is 0. The molecule has 4 nitrogen and oxygen atoms in total. The summed E-state index contributed by atoms with van der Waals surface area (Å²) in [5, 5.41) is 6.05. The number of para-hydroxylation sites is 1. The number of ether oxygens (including phenoxy) is 1. The monoisotopic (exact) mass is 248 g/mol. The molecule has 1 saturated carbocycles. The zero-order valence-corrected chi connectivity index (χ0v) is 10.5. The highest BCUT2D eigenvalue weighted by Gasteiger charge is 2.20. The van der Waals surface area contributed by atoms with E-state index in [1.54, 1.807) is 0 Å². The number of hydrogen-bond acceptors (Lipinski definition) is 3. The van der Waals surface area contributed by atoms with Crippen LogP contribution in [-0.2, 0) is 4.79 Å². The van der Waals surface area contributed by atoms with Gasteiger partial charge in [0.15, 0.2) is 0 Å². The lowest BCUT2D eigenvalue weighted by molar-refractivity contribution is -0.120. The molecule has 0 spiro atoms. The van der Waals surface area contributed by atoms with E-state index in [0.717, 1.165) is 12.2 Å². The Bertz CT molecular complexity index is 363. The minimum Gasteiger partial charge on any atom is -0.494 e. The summed E-state index contributed by atoms with van der Waals surface area (Å²) in [5.41, 5.74) is 0. The Hall–Kier alpha value is -1.55. The van der Waals surface area contributed by atoms with E-state index in [9.17, 15) is 4.79 Å². The lowest BCUT2D eigenvalue weighted by Crippen LogP contribution is -2.35. The summed E-state index contributed by atoms with van der Waals surface area (Å²) < 4.78 is 5.53. The van der Waals surface area contributed by atoms with Gasteiger partial charge in [0.05, 0.1) is 13.2 Å². The largest absolute Gasteiger partial charge is 0.494 e. The number of benzene rings is 1. The zero-order chi connectivity index (χ0) is 12.6. The van der Waals surface area contributed by atoms with Crippen LogP contribution >= 0.6 is 0 Å². The van der Waals surface area contributed by atoms with E-state index in [2.05, 4.69) is 10.6 Å². The summed E-state index contributed by atoms with van der Waals surface area (Å²) in [4.78, 5) is 11.4. The van der Waals surface area contributed by atoms with Crippen molar-refractivity contribution in [2.24, 2.45) is 0 Å². The van der Waals surface area contributed by atoms with Gasteiger partial charge in [-0.25, -0.2) is 0 Å². The lowest BCUT2D eigenvalue weighted by atomic mass is 10.3. The highest BCUT2D eigenvalue weighted by Crippen LogP contribution is 2.17. The third kappa shape index (κ3) is 5.19. The Labute approximate surface area is 108 Å². The van der Waals surface area contributed by atoms with Gasteiger partial charge >= 0.3 is 0 Å². The molecule has 1 fully saturated rings. The van der Waals surface area contributed by atoms with Crippen LogP contribution in [0.3, 0.4) is 0 Å². The van der Waals surface area contributed by atoms with Crippen LogP contribution in [0.2, 0.25) is 0 Å². The van der Waals surface area contributed by atoms with E-state index in [1.807, 2.05) is 30.3 Å². The van der Waals surface area contributed by atoms with Crippen LogP contribution in [0.4, 0.5) is 0 Å². The number of amides is 1. The molecule has 0 radical (unpaired) electrons. The highest BCUT2D eigenvalue weighted by molar-refractivity contribution is 5.78. The molecule has 4 heteroatoms. The highest BCUT2D eigenvalue weighted by atomic mass is 16.5. The smallest absolute Gasteiger partial charge is 0.233 e. The molecule has 1 aromatic carbocycles. The van der Waals surface area contributed by atoms with Gasteiger partial charge in [-0.15, -0.1) is 0 Å². The first-order valence-electron chi connectivity index (χ1n) is 6.52. The second kappa shape index (κ2) is 7.01. The van der Waals surface area contributed by atoms with E-state index in [0.29, 0.717) is 25.7 Å². The number of rotatable bonds is 8. The van der Waals surface area contributed by atoms with Gasteiger partial charge in [0.1, 0.15) is 5.75 Å². The minimum absolute atomic E-state index is 0.0709. The molecule has 1 amide bonds. The van der Waals surface area contributed by atoms with Crippen molar-refractivity contribution >= 4 is 5.91 Å². The molecule has 98 valence electrons. The molecule has 0 bridgehead atoms. The normalized spacial score (nSPS) is 14.2. The number of hydrogen-bond donors (Lipinski definition) is 2. The van der Waals surface area contributed by atoms with Gasteiger partial charge in [0.25, 0.3) is 0 Å². The summed E-state index contributed by atoms with van der Waals surface area (Å²) in [6, 6.07) is 10.3. The van der Waals surface area contributed by atoms with Gasteiger partial charge in [0, 0.05) is 12.6 Å². The summed E-state index contributed by atoms with van der Waals surface area (Å²) in [6.07, 6.45) is 3.24. The number of nitrogens with one attached hydrogen (secondary N) is 2. The van der Waals surface area contributed by atoms with Crippen LogP contribution in [-0.4, -0.2) is 31.6 Å². The maximum atomic E-state index is 11.4. The zero-order valence-electron chi connectivity index (χ0n) is 10.5. The molecule has 1 aromatic rings. The Balaban J connectivity index is 1.46. The first kappa shape index (κ1) is 12.9. The van der Waals surface area contributed by atoms with Gasteiger partial charge in [-0.3, -0.25) is 4.79 Å². The van der Waals surface area contributed by atoms with Gasteiger partial charge in [-0.1, -0.05) is 18.2 Å². The van der Waals surface area contributed by atoms with Crippen molar-refractivity contribution in [1.29, 1.82) is 0 Å². The van der Waals surface area contributed by atoms with Crippen molar-refractivity contribution in [2.75, 3.05) is 19.7 Å². The number of carbonyl (C=O) groups excluding carboxylic acids is 1. The predicted octanol–water partition coefficient (Wildman–Crippen LogP) is 1.32. The van der Waals surface area contributed by atoms with Gasteiger partial charge in [-0.2, -0.15) is 0 Å². The molecular weight excluding hydrogens is 228 g/mol. The van der Waals surface area contributed by atoms with Crippen molar-refractivity contribution < 1.29 is 9.53 Å². The third-order valence-corrected chi connectivity index (χ3v) is 2.78. The average molecular weight is 248 g/mol. The molecule has 1 aliphatic carbocycles. The third-order valence-electron chi connectivity index (χ3n) is 2.78. The molecule has 2 rings (SSSR count). The molecule has 1 aliphatic rings. The molecule has 0 atom stereocenters. The SMILES string of the molecule is O=C(CNC1CC1)NCCCOc1ccccc1. The first-order valence-corrected chi connectivity index (χ1v) is 6.52. The van der Waals surface area contributed by atoms with Crippen molar-refractivity contribution in [2.45, 2.75) is 25.3 Å².